The number of hydrogen-bond acceptors (Lipinski definition) is 4. The Balaban J connectivity index is 1.45. The van der Waals surface area contributed by atoms with Gasteiger partial charge in [0.1, 0.15) is 4.90 Å². The zero-order valence-electron chi connectivity index (χ0n) is 18.4. The van der Waals surface area contributed by atoms with Crippen LogP contribution >= 0.6 is 11.6 Å². The molecular weight excluding hydrogens is 458 g/mol. The molecule has 33 heavy (non-hydrogen) atoms. The number of hydrogen-bond donors (Lipinski definition) is 1. The summed E-state index contributed by atoms with van der Waals surface area (Å²) in [5, 5.41) is 0.0689. The van der Waals surface area contributed by atoms with E-state index in [9.17, 15) is 13.2 Å². The third kappa shape index (κ3) is 5.74. The summed E-state index contributed by atoms with van der Waals surface area (Å²) in [5.41, 5.74) is 2.92. The van der Waals surface area contributed by atoms with Crippen LogP contribution in [0.25, 0.3) is 0 Å². The van der Waals surface area contributed by atoms with Gasteiger partial charge in [0.15, 0.2) is 0 Å². The second-order valence-corrected chi connectivity index (χ2v) is 10.2. The lowest BCUT2D eigenvalue weighted by Gasteiger charge is -2.34. The normalized spacial score (nSPS) is 14.8. The molecule has 0 unspecified atom stereocenters. The van der Waals surface area contributed by atoms with Crippen molar-refractivity contribution in [3.05, 3.63) is 94.5 Å². The molecule has 1 N–H and O–H groups in total. The van der Waals surface area contributed by atoms with Gasteiger partial charge in [0.2, 0.25) is 0 Å². The molecule has 1 saturated heterocycles. The molecular formula is C25H26ClN3O3S. The van der Waals surface area contributed by atoms with Crippen molar-refractivity contribution in [3.8, 4) is 0 Å². The van der Waals surface area contributed by atoms with Crippen molar-refractivity contribution in [1.29, 1.82) is 0 Å². The van der Waals surface area contributed by atoms with Crippen molar-refractivity contribution >= 4 is 33.2 Å². The molecule has 1 amide bonds. The quantitative estimate of drug-likeness (QED) is 0.564. The number of carbonyl (C=O) groups is 1. The van der Waals surface area contributed by atoms with E-state index in [2.05, 4.69) is 21.8 Å². The topological polar surface area (TPSA) is 69.7 Å². The number of halogens is 1. The zero-order valence-corrected chi connectivity index (χ0v) is 19.9. The molecule has 1 fully saturated rings. The van der Waals surface area contributed by atoms with Crippen LogP contribution in [0.1, 0.15) is 21.5 Å². The first-order valence-corrected chi connectivity index (χ1v) is 12.6. The molecule has 0 aromatic heterocycles. The van der Waals surface area contributed by atoms with Crippen LogP contribution in [0.2, 0.25) is 5.02 Å². The van der Waals surface area contributed by atoms with Crippen molar-refractivity contribution in [2.75, 3.05) is 30.9 Å². The highest BCUT2D eigenvalue weighted by molar-refractivity contribution is 7.92. The Morgan fingerprint density at radius 2 is 1.67 bits per heavy atom. The predicted octanol–water partition coefficient (Wildman–Crippen LogP) is 4.41. The number of sulfonamides is 1. The maximum absolute atomic E-state index is 13.1. The molecule has 0 atom stereocenters. The average molecular weight is 484 g/mol. The molecule has 0 aliphatic carbocycles. The molecule has 172 valence electrons. The zero-order chi connectivity index (χ0) is 23.4. The van der Waals surface area contributed by atoms with Crippen LogP contribution in [0.4, 0.5) is 5.69 Å². The van der Waals surface area contributed by atoms with E-state index in [1.807, 2.05) is 31.2 Å². The van der Waals surface area contributed by atoms with Crippen LogP contribution in [-0.2, 0) is 16.6 Å². The number of nitrogens with zero attached hydrogens (tertiary/aromatic N) is 2. The van der Waals surface area contributed by atoms with Crippen molar-refractivity contribution in [1.82, 2.24) is 9.80 Å². The number of nitrogens with one attached hydrogen (secondary N) is 1. The Hall–Kier alpha value is -2.87. The predicted molar refractivity (Wildman–Crippen MR) is 131 cm³/mol. The third-order valence-corrected chi connectivity index (χ3v) is 7.51. The van der Waals surface area contributed by atoms with E-state index in [-0.39, 0.29) is 15.8 Å². The van der Waals surface area contributed by atoms with Gasteiger partial charge in [-0.1, -0.05) is 54.1 Å². The van der Waals surface area contributed by atoms with Crippen molar-refractivity contribution in [3.63, 3.8) is 0 Å². The van der Waals surface area contributed by atoms with Crippen molar-refractivity contribution in [2.24, 2.45) is 0 Å². The number of anilines is 1. The Morgan fingerprint density at radius 1 is 0.939 bits per heavy atom. The molecule has 8 heteroatoms. The highest BCUT2D eigenvalue weighted by atomic mass is 35.5. The molecule has 3 aromatic rings. The first kappa shape index (κ1) is 23.3. The van der Waals surface area contributed by atoms with Crippen LogP contribution < -0.4 is 4.72 Å². The first-order chi connectivity index (χ1) is 15.8. The van der Waals surface area contributed by atoms with Gasteiger partial charge in [-0.15, -0.1) is 0 Å². The molecule has 1 heterocycles. The maximum Gasteiger partial charge on any atom is 0.263 e. The molecule has 1 aliphatic rings. The number of aryl methyl sites for hydroxylation is 1. The minimum atomic E-state index is -3.95. The Kier molecular flexibility index (Phi) is 7.02. The van der Waals surface area contributed by atoms with Crippen molar-refractivity contribution in [2.45, 2.75) is 18.4 Å². The number of carbonyl (C=O) groups excluding carboxylic acids is 1. The van der Waals surface area contributed by atoms with Gasteiger partial charge in [-0.3, -0.25) is 14.4 Å². The molecule has 1 aliphatic heterocycles. The Morgan fingerprint density at radius 3 is 2.36 bits per heavy atom. The highest BCUT2D eigenvalue weighted by Crippen LogP contribution is 2.26. The first-order valence-electron chi connectivity index (χ1n) is 10.8. The second kappa shape index (κ2) is 9.95. The van der Waals surface area contributed by atoms with E-state index in [0.717, 1.165) is 25.2 Å². The third-order valence-electron chi connectivity index (χ3n) is 5.65. The summed E-state index contributed by atoms with van der Waals surface area (Å²) >= 11 is 6.21. The lowest BCUT2D eigenvalue weighted by Crippen LogP contribution is -2.48. The largest absolute Gasteiger partial charge is 0.336 e. The summed E-state index contributed by atoms with van der Waals surface area (Å²) in [4.78, 5) is 17.1. The van der Waals surface area contributed by atoms with Crippen LogP contribution in [0.5, 0.6) is 0 Å². The number of piperazine rings is 1. The van der Waals surface area contributed by atoms with Gasteiger partial charge in [-0.05, 0) is 48.4 Å². The van der Waals surface area contributed by atoms with E-state index in [1.54, 1.807) is 29.2 Å². The minimum absolute atomic E-state index is 0.0689. The number of amides is 1. The molecule has 0 radical (unpaired) electrons. The fourth-order valence-electron chi connectivity index (χ4n) is 3.89. The van der Waals surface area contributed by atoms with E-state index in [4.69, 9.17) is 11.6 Å². The molecule has 0 spiro atoms. The van der Waals surface area contributed by atoms with Gasteiger partial charge < -0.3 is 4.90 Å². The minimum Gasteiger partial charge on any atom is -0.336 e. The van der Waals surface area contributed by atoms with Gasteiger partial charge in [-0.2, -0.15) is 0 Å². The summed E-state index contributed by atoms with van der Waals surface area (Å²) in [6, 6.07) is 21.7. The van der Waals surface area contributed by atoms with Gasteiger partial charge in [-0.25, -0.2) is 8.42 Å². The molecule has 0 bridgehead atoms. The van der Waals surface area contributed by atoms with E-state index in [1.165, 1.54) is 17.7 Å². The maximum atomic E-state index is 13.1. The number of benzene rings is 3. The summed E-state index contributed by atoms with van der Waals surface area (Å²) in [5.74, 6) is -0.196. The molecule has 4 rings (SSSR count). The summed E-state index contributed by atoms with van der Waals surface area (Å²) < 4.78 is 28.5. The van der Waals surface area contributed by atoms with Crippen LogP contribution in [0, 0.1) is 6.92 Å². The van der Waals surface area contributed by atoms with Crippen molar-refractivity contribution < 1.29 is 13.2 Å². The fraction of sp³-hybridized carbons (Fsp3) is 0.240. The van der Waals surface area contributed by atoms with Gasteiger partial charge in [0.25, 0.3) is 15.9 Å². The van der Waals surface area contributed by atoms with E-state index < -0.39 is 10.0 Å². The average Bonchev–Trinajstić information content (AvgIpc) is 2.80. The Labute approximate surface area is 199 Å². The standard InChI is InChI=1S/C25H26ClN3O3S/c1-19-6-5-9-22(16-19)27-33(31,32)24-17-21(10-11-23(24)26)25(30)29-14-12-28(13-15-29)18-20-7-3-2-4-8-20/h2-11,16-17,27H,12-15,18H2,1H3. The molecule has 0 saturated carbocycles. The lowest BCUT2D eigenvalue weighted by atomic mass is 10.1. The summed E-state index contributed by atoms with van der Waals surface area (Å²) in [7, 11) is -3.95. The molecule has 6 nitrogen and oxygen atoms in total. The lowest BCUT2D eigenvalue weighted by molar-refractivity contribution is 0.0628. The smallest absolute Gasteiger partial charge is 0.263 e. The van der Waals surface area contributed by atoms with E-state index >= 15 is 0 Å². The van der Waals surface area contributed by atoms with Gasteiger partial charge >= 0.3 is 0 Å². The van der Waals surface area contributed by atoms with Gasteiger partial charge in [0, 0.05) is 44.0 Å². The second-order valence-electron chi connectivity index (χ2n) is 8.17. The highest BCUT2D eigenvalue weighted by Gasteiger charge is 2.25. The van der Waals surface area contributed by atoms with Crippen LogP contribution in [-0.4, -0.2) is 50.3 Å². The Bertz CT molecular complexity index is 1240. The molecule has 3 aromatic carbocycles. The van der Waals surface area contributed by atoms with Crippen LogP contribution in [0.15, 0.2) is 77.7 Å². The number of rotatable bonds is 6. The fourth-order valence-corrected chi connectivity index (χ4v) is 5.47. The SMILES string of the molecule is Cc1cccc(NS(=O)(=O)c2cc(C(=O)N3CCN(Cc4ccccc4)CC3)ccc2Cl)c1. The van der Waals surface area contributed by atoms with E-state index in [0.29, 0.717) is 24.3 Å². The van der Waals surface area contributed by atoms with Crippen LogP contribution in [0.3, 0.4) is 0 Å². The monoisotopic (exact) mass is 483 g/mol. The summed E-state index contributed by atoms with van der Waals surface area (Å²) in [6.07, 6.45) is 0. The van der Waals surface area contributed by atoms with Gasteiger partial charge in [0.05, 0.1) is 5.02 Å². The summed E-state index contributed by atoms with van der Waals surface area (Å²) in [6.45, 7) is 5.40.